The van der Waals surface area contributed by atoms with Crippen LogP contribution in [0.3, 0.4) is 0 Å². The van der Waals surface area contributed by atoms with Crippen LogP contribution in [0.15, 0.2) is 78.4 Å². The number of nitrogens with one attached hydrogen (secondary N) is 2. The van der Waals surface area contributed by atoms with Crippen LogP contribution in [0.4, 0.5) is 16.2 Å². The Morgan fingerprint density at radius 2 is 1.69 bits per heavy atom. The Balaban J connectivity index is 1.42. The van der Waals surface area contributed by atoms with Crippen molar-refractivity contribution in [2.45, 2.75) is 0 Å². The molecule has 1 aliphatic heterocycles. The molecule has 0 saturated carbocycles. The van der Waals surface area contributed by atoms with Crippen molar-refractivity contribution in [2.75, 3.05) is 23.9 Å². The average molecular weight is 487 g/mol. The van der Waals surface area contributed by atoms with Crippen molar-refractivity contribution in [3.63, 3.8) is 0 Å². The number of anilines is 2. The molecule has 1 aliphatic rings. The zero-order chi connectivity index (χ0) is 25.7. The van der Waals surface area contributed by atoms with Crippen LogP contribution < -0.4 is 25.0 Å². The fourth-order valence-electron chi connectivity index (χ4n) is 3.40. The summed E-state index contributed by atoms with van der Waals surface area (Å²) in [6.07, 6.45) is 1.34. The first-order valence-electron chi connectivity index (χ1n) is 10.7. The van der Waals surface area contributed by atoms with E-state index in [-0.39, 0.29) is 29.5 Å². The second-order valence-corrected chi connectivity index (χ2v) is 7.58. The third-order valence-electron chi connectivity index (χ3n) is 5.15. The molecular weight excluding hydrogens is 466 g/mol. The molecule has 1 saturated heterocycles. The number of amides is 5. The van der Waals surface area contributed by atoms with Crippen LogP contribution in [0.5, 0.6) is 17.2 Å². The number of methoxy groups -OCH3 is 1. The monoisotopic (exact) mass is 487 g/mol. The molecular formula is C26H21N3O7. The summed E-state index contributed by atoms with van der Waals surface area (Å²) in [5.41, 5.74) is 0.974. The van der Waals surface area contributed by atoms with Crippen LogP contribution in [0.1, 0.15) is 5.56 Å². The molecule has 0 unspecified atom stereocenters. The van der Waals surface area contributed by atoms with E-state index >= 15 is 0 Å². The standard InChI is InChI=1S/C26H21N3O7/c1-35-22-5-3-2-4-21(22)27-23(31)15-36-19-12-6-16(7-13-19)14-20-24(32)28-26(34)29(25(20)33)17-8-10-18(30)11-9-17/h2-14,30H,15H2,1H3,(H,27,31)(H,28,32,34). The number of imide groups is 2. The summed E-state index contributed by atoms with van der Waals surface area (Å²) in [6, 6.07) is 17.9. The topological polar surface area (TPSA) is 134 Å². The van der Waals surface area contributed by atoms with E-state index in [0.29, 0.717) is 22.7 Å². The molecule has 0 spiro atoms. The van der Waals surface area contributed by atoms with Crippen molar-refractivity contribution in [1.29, 1.82) is 0 Å². The molecule has 5 amide bonds. The normalized spacial score (nSPS) is 14.4. The van der Waals surface area contributed by atoms with Crippen molar-refractivity contribution in [1.82, 2.24) is 5.32 Å². The predicted octanol–water partition coefficient (Wildman–Crippen LogP) is 3.08. The summed E-state index contributed by atoms with van der Waals surface area (Å²) in [4.78, 5) is 50.5. The quantitative estimate of drug-likeness (QED) is 0.344. The molecule has 182 valence electrons. The number of nitrogens with zero attached hydrogens (tertiary/aromatic N) is 1. The van der Waals surface area contributed by atoms with E-state index in [4.69, 9.17) is 9.47 Å². The zero-order valence-electron chi connectivity index (χ0n) is 19.1. The van der Waals surface area contributed by atoms with Gasteiger partial charge < -0.3 is 19.9 Å². The van der Waals surface area contributed by atoms with Gasteiger partial charge in [0.1, 0.15) is 22.8 Å². The highest BCUT2D eigenvalue weighted by atomic mass is 16.5. The number of barbiturate groups is 1. The maximum Gasteiger partial charge on any atom is 0.335 e. The Kier molecular flexibility index (Phi) is 6.96. The first kappa shape index (κ1) is 24.0. The van der Waals surface area contributed by atoms with Crippen molar-refractivity contribution in [3.05, 3.63) is 83.9 Å². The molecule has 0 atom stereocenters. The third-order valence-corrected chi connectivity index (χ3v) is 5.15. The molecule has 0 aliphatic carbocycles. The SMILES string of the molecule is COc1ccccc1NC(=O)COc1ccc(C=C2C(=O)NC(=O)N(c3ccc(O)cc3)C2=O)cc1. The van der Waals surface area contributed by atoms with E-state index in [0.717, 1.165) is 4.90 Å². The number of aromatic hydroxyl groups is 1. The number of hydrogen-bond acceptors (Lipinski definition) is 7. The largest absolute Gasteiger partial charge is 0.508 e. The highest BCUT2D eigenvalue weighted by molar-refractivity contribution is 6.39. The lowest BCUT2D eigenvalue weighted by Gasteiger charge is -2.26. The maximum atomic E-state index is 12.9. The Morgan fingerprint density at radius 1 is 1.00 bits per heavy atom. The predicted molar refractivity (Wildman–Crippen MR) is 131 cm³/mol. The summed E-state index contributed by atoms with van der Waals surface area (Å²) in [6.45, 7) is -0.247. The number of rotatable bonds is 7. The number of benzene rings is 3. The molecule has 10 nitrogen and oxygen atoms in total. The molecule has 1 fully saturated rings. The number of para-hydroxylation sites is 2. The van der Waals surface area contributed by atoms with Gasteiger partial charge in [0, 0.05) is 0 Å². The van der Waals surface area contributed by atoms with Crippen LogP contribution in [-0.2, 0) is 14.4 Å². The second kappa shape index (κ2) is 10.4. The van der Waals surface area contributed by atoms with Crippen LogP contribution in [0.25, 0.3) is 6.08 Å². The minimum absolute atomic E-state index is 0.0324. The third kappa shape index (κ3) is 5.33. The van der Waals surface area contributed by atoms with Gasteiger partial charge in [0.15, 0.2) is 6.61 Å². The van der Waals surface area contributed by atoms with Gasteiger partial charge in [-0.1, -0.05) is 24.3 Å². The average Bonchev–Trinajstić information content (AvgIpc) is 2.87. The number of phenolic OH excluding ortho intramolecular Hbond substituents is 1. The Labute approximate surface area is 205 Å². The molecule has 0 bridgehead atoms. The van der Waals surface area contributed by atoms with Gasteiger partial charge in [-0.3, -0.25) is 19.7 Å². The van der Waals surface area contributed by atoms with Crippen molar-refractivity contribution in [3.8, 4) is 17.2 Å². The number of hydrogen-bond donors (Lipinski definition) is 3. The van der Waals surface area contributed by atoms with E-state index in [1.54, 1.807) is 48.5 Å². The van der Waals surface area contributed by atoms with Crippen LogP contribution >= 0.6 is 0 Å². The Hall–Kier alpha value is -5.12. The highest BCUT2D eigenvalue weighted by Gasteiger charge is 2.36. The first-order valence-corrected chi connectivity index (χ1v) is 10.7. The molecule has 1 heterocycles. The lowest BCUT2D eigenvalue weighted by molar-refractivity contribution is -0.122. The summed E-state index contributed by atoms with van der Waals surface area (Å²) in [5, 5.41) is 14.3. The van der Waals surface area contributed by atoms with Crippen molar-refractivity contribution in [2.24, 2.45) is 0 Å². The summed E-state index contributed by atoms with van der Waals surface area (Å²) < 4.78 is 10.7. The van der Waals surface area contributed by atoms with Crippen molar-refractivity contribution < 1.29 is 33.8 Å². The maximum absolute atomic E-state index is 12.9. The number of urea groups is 1. The van der Waals surface area contributed by atoms with E-state index < -0.39 is 17.8 Å². The number of carbonyl (C=O) groups is 4. The van der Waals surface area contributed by atoms with Gasteiger partial charge in [-0.25, -0.2) is 9.69 Å². The fourth-order valence-corrected chi connectivity index (χ4v) is 3.40. The van der Waals surface area contributed by atoms with E-state index in [1.165, 1.54) is 37.5 Å². The number of phenols is 1. The smallest absolute Gasteiger partial charge is 0.335 e. The Bertz CT molecular complexity index is 1350. The lowest BCUT2D eigenvalue weighted by Crippen LogP contribution is -2.54. The molecule has 0 aromatic heterocycles. The van der Waals surface area contributed by atoms with Gasteiger partial charge in [0.25, 0.3) is 17.7 Å². The molecule has 10 heteroatoms. The minimum Gasteiger partial charge on any atom is -0.508 e. The molecule has 3 N–H and O–H groups in total. The zero-order valence-corrected chi connectivity index (χ0v) is 19.1. The van der Waals surface area contributed by atoms with Gasteiger partial charge in [-0.05, 0) is 60.2 Å². The molecule has 3 aromatic rings. The van der Waals surface area contributed by atoms with Crippen molar-refractivity contribution >= 4 is 41.2 Å². The summed E-state index contributed by atoms with van der Waals surface area (Å²) >= 11 is 0. The fraction of sp³-hybridized carbons (Fsp3) is 0.0769. The Morgan fingerprint density at radius 3 is 2.39 bits per heavy atom. The van der Waals surface area contributed by atoms with Crippen LogP contribution in [-0.4, -0.2) is 42.6 Å². The summed E-state index contributed by atoms with van der Waals surface area (Å²) in [7, 11) is 1.51. The van der Waals surface area contributed by atoms with Crippen LogP contribution in [0, 0.1) is 0 Å². The van der Waals surface area contributed by atoms with Gasteiger partial charge in [-0.2, -0.15) is 0 Å². The minimum atomic E-state index is -0.886. The molecule has 4 rings (SSSR count). The van der Waals surface area contributed by atoms with E-state index in [2.05, 4.69) is 10.6 Å². The number of ether oxygens (including phenoxy) is 2. The van der Waals surface area contributed by atoms with Gasteiger partial charge in [-0.15, -0.1) is 0 Å². The molecule has 0 radical (unpaired) electrons. The van der Waals surface area contributed by atoms with E-state index in [1.807, 2.05) is 0 Å². The molecule has 36 heavy (non-hydrogen) atoms. The second-order valence-electron chi connectivity index (χ2n) is 7.58. The lowest BCUT2D eigenvalue weighted by atomic mass is 10.1. The number of carbonyl (C=O) groups excluding carboxylic acids is 4. The molecule has 3 aromatic carbocycles. The summed E-state index contributed by atoms with van der Waals surface area (Å²) in [5.74, 6) is -1.12. The first-order chi connectivity index (χ1) is 17.4. The van der Waals surface area contributed by atoms with Gasteiger partial charge >= 0.3 is 6.03 Å². The van der Waals surface area contributed by atoms with Crippen LogP contribution in [0.2, 0.25) is 0 Å². The van der Waals surface area contributed by atoms with Gasteiger partial charge in [0.2, 0.25) is 0 Å². The van der Waals surface area contributed by atoms with E-state index in [9.17, 15) is 24.3 Å². The highest BCUT2D eigenvalue weighted by Crippen LogP contribution is 2.25. The van der Waals surface area contributed by atoms with Gasteiger partial charge in [0.05, 0.1) is 18.5 Å².